The molecule has 2 atom stereocenters. The van der Waals surface area contributed by atoms with Crippen LogP contribution in [0.15, 0.2) is 95.8 Å². The SMILES string of the molecule is Cc1cc(C)c(P2C=C(c3ccccc3)P(c3c(C)cc(C)cc3C)/C2=C/c2ccccc2)c(C)c1. The summed E-state index contributed by atoms with van der Waals surface area (Å²) in [6.07, 6.45) is 2.52. The van der Waals surface area contributed by atoms with Gasteiger partial charge in [-0.05, 0) is 124 Å². The molecule has 180 valence electrons. The second kappa shape index (κ2) is 10.3. The third-order valence-electron chi connectivity index (χ3n) is 6.87. The molecule has 0 bridgehead atoms. The average Bonchev–Trinajstić information content (AvgIpc) is 3.17. The molecule has 1 heterocycles. The summed E-state index contributed by atoms with van der Waals surface area (Å²) in [6, 6.07) is 31.5. The van der Waals surface area contributed by atoms with Crippen molar-refractivity contribution in [2.45, 2.75) is 41.5 Å². The Hall–Kier alpha value is -2.78. The first-order chi connectivity index (χ1) is 17.3. The Kier molecular flexibility index (Phi) is 7.12. The van der Waals surface area contributed by atoms with E-state index in [0.29, 0.717) is 0 Å². The minimum Gasteiger partial charge on any atom is -0.0622 e. The van der Waals surface area contributed by atoms with Crippen LogP contribution in [0.4, 0.5) is 0 Å². The van der Waals surface area contributed by atoms with Crippen LogP contribution in [-0.2, 0) is 0 Å². The first-order valence-corrected chi connectivity index (χ1v) is 15.4. The van der Waals surface area contributed by atoms with Crippen LogP contribution in [0.1, 0.15) is 44.5 Å². The summed E-state index contributed by atoms with van der Waals surface area (Å²) in [5, 5.41) is 6.16. The second-order valence-corrected chi connectivity index (χ2v) is 14.4. The molecule has 0 nitrogen and oxygen atoms in total. The lowest BCUT2D eigenvalue weighted by Crippen LogP contribution is -2.13. The molecule has 0 radical (unpaired) electrons. The predicted octanol–water partition coefficient (Wildman–Crippen LogP) is 9.46. The highest BCUT2D eigenvalue weighted by Crippen LogP contribution is 2.76. The van der Waals surface area contributed by atoms with E-state index in [0.717, 1.165) is 0 Å². The molecular weight excluding hydrogens is 470 g/mol. The van der Waals surface area contributed by atoms with E-state index in [2.05, 4.69) is 138 Å². The third kappa shape index (κ3) is 4.78. The summed E-state index contributed by atoms with van der Waals surface area (Å²) in [7, 11) is -1.28. The average molecular weight is 505 g/mol. The predicted molar refractivity (Wildman–Crippen MR) is 163 cm³/mol. The van der Waals surface area contributed by atoms with Gasteiger partial charge >= 0.3 is 0 Å². The van der Waals surface area contributed by atoms with Gasteiger partial charge in [0.15, 0.2) is 0 Å². The van der Waals surface area contributed by atoms with Crippen LogP contribution in [0.2, 0.25) is 0 Å². The molecular formula is C34H34P2. The summed E-state index contributed by atoms with van der Waals surface area (Å²) < 4.78 is 0. The van der Waals surface area contributed by atoms with Crippen LogP contribution >= 0.6 is 15.8 Å². The van der Waals surface area contributed by atoms with Gasteiger partial charge in [-0.15, -0.1) is 0 Å². The van der Waals surface area contributed by atoms with Crippen molar-refractivity contribution in [2.75, 3.05) is 0 Å². The molecule has 0 spiro atoms. The molecule has 0 amide bonds. The fourth-order valence-corrected chi connectivity index (χ4v) is 12.7. The number of hydrogen-bond donors (Lipinski definition) is 0. The van der Waals surface area contributed by atoms with Gasteiger partial charge in [-0.25, -0.2) is 0 Å². The summed E-state index contributed by atoms with van der Waals surface area (Å²) in [4.78, 5) is 0. The molecule has 36 heavy (non-hydrogen) atoms. The number of aryl methyl sites for hydroxylation is 6. The molecule has 0 aliphatic carbocycles. The quantitative estimate of drug-likeness (QED) is 0.243. The largest absolute Gasteiger partial charge is 0.0622 e. The topological polar surface area (TPSA) is 0 Å². The van der Waals surface area contributed by atoms with E-state index < -0.39 is 15.8 Å². The fourth-order valence-electron chi connectivity index (χ4n) is 5.61. The Labute approximate surface area is 219 Å². The van der Waals surface area contributed by atoms with Gasteiger partial charge in [-0.3, -0.25) is 0 Å². The molecule has 5 rings (SSSR count). The standard InChI is InChI=1S/C34H34P2/c1-23-17-25(3)33(26(4)18-23)35-22-31(30-15-11-8-12-16-30)36(32(35)21-29-13-9-7-10-14-29)34-27(5)19-24(2)20-28(34)6/h7-22H,1-6H3/b32-21+. The first kappa shape index (κ1) is 24.9. The lowest BCUT2D eigenvalue weighted by atomic mass is 10.1. The Morgan fingerprint density at radius 1 is 0.556 bits per heavy atom. The molecule has 1 aliphatic rings. The smallest absolute Gasteiger partial charge is 0.00448 e. The highest BCUT2D eigenvalue weighted by atomic mass is 31.2. The van der Waals surface area contributed by atoms with Crippen LogP contribution in [0.25, 0.3) is 11.4 Å². The van der Waals surface area contributed by atoms with Crippen LogP contribution in [0, 0.1) is 41.5 Å². The van der Waals surface area contributed by atoms with E-state index in [1.54, 1.807) is 5.06 Å². The zero-order valence-corrected chi connectivity index (χ0v) is 23.9. The third-order valence-corrected chi connectivity index (χ3v) is 13.3. The van der Waals surface area contributed by atoms with E-state index in [1.165, 1.54) is 60.4 Å². The maximum atomic E-state index is 2.65. The number of benzene rings is 4. The van der Waals surface area contributed by atoms with Crippen molar-refractivity contribution < 1.29 is 0 Å². The summed E-state index contributed by atoms with van der Waals surface area (Å²) >= 11 is 0. The summed E-state index contributed by atoms with van der Waals surface area (Å²) in [5.74, 6) is 2.65. The summed E-state index contributed by atoms with van der Waals surface area (Å²) in [5.41, 5.74) is 11.0. The van der Waals surface area contributed by atoms with Gasteiger partial charge in [-0.2, -0.15) is 0 Å². The zero-order chi connectivity index (χ0) is 25.4. The Balaban J connectivity index is 1.83. The molecule has 0 aromatic heterocycles. The van der Waals surface area contributed by atoms with Gasteiger partial charge in [0.25, 0.3) is 0 Å². The van der Waals surface area contributed by atoms with Crippen molar-refractivity contribution in [3.63, 3.8) is 0 Å². The minimum atomic E-state index is -0.665. The van der Waals surface area contributed by atoms with Gasteiger partial charge in [0, 0.05) is 0 Å². The fraction of sp³-hybridized carbons (Fsp3) is 0.176. The molecule has 4 aromatic carbocycles. The zero-order valence-electron chi connectivity index (χ0n) is 22.1. The number of hydrogen-bond acceptors (Lipinski definition) is 0. The van der Waals surface area contributed by atoms with E-state index in [1.807, 2.05) is 0 Å². The van der Waals surface area contributed by atoms with Gasteiger partial charge in [-0.1, -0.05) is 96.1 Å². The first-order valence-electron chi connectivity index (χ1n) is 12.6. The van der Waals surface area contributed by atoms with E-state index in [-0.39, 0.29) is 0 Å². The lowest BCUT2D eigenvalue weighted by Gasteiger charge is -2.26. The molecule has 0 saturated carbocycles. The molecule has 0 N–H and O–H groups in total. The molecule has 2 unspecified atom stereocenters. The monoisotopic (exact) mass is 504 g/mol. The van der Waals surface area contributed by atoms with Crippen molar-refractivity contribution in [2.24, 2.45) is 0 Å². The van der Waals surface area contributed by atoms with Crippen molar-refractivity contribution in [1.82, 2.24) is 0 Å². The Morgan fingerprint density at radius 3 is 1.56 bits per heavy atom. The molecule has 2 heteroatoms. The van der Waals surface area contributed by atoms with Crippen molar-refractivity contribution >= 4 is 37.8 Å². The lowest BCUT2D eigenvalue weighted by molar-refractivity contribution is 1.35. The molecule has 1 aliphatic heterocycles. The number of rotatable bonds is 4. The maximum absolute atomic E-state index is 2.65. The van der Waals surface area contributed by atoms with E-state index in [4.69, 9.17) is 0 Å². The van der Waals surface area contributed by atoms with Gasteiger partial charge in [0.05, 0.1) is 0 Å². The van der Waals surface area contributed by atoms with E-state index in [9.17, 15) is 0 Å². The van der Waals surface area contributed by atoms with Gasteiger partial charge in [0.1, 0.15) is 0 Å². The normalized spacial score (nSPS) is 18.5. The summed E-state index contributed by atoms with van der Waals surface area (Å²) in [6.45, 7) is 13.6. The molecule has 4 aromatic rings. The Bertz CT molecular complexity index is 1430. The second-order valence-electron chi connectivity index (χ2n) is 9.99. The van der Waals surface area contributed by atoms with E-state index >= 15 is 0 Å². The van der Waals surface area contributed by atoms with Crippen LogP contribution < -0.4 is 10.6 Å². The highest BCUT2D eigenvalue weighted by Gasteiger charge is 2.37. The van der Waals surface area contributed by atoms with Gasteiger partial charge in [0.2, 0.25) is 0 Å². The maximum Gasteiger partial charge on any atom is -0.00448 e. The van der Waals surface area contributed by atoms with Crippen LogP contribution in [-0.4, -0.2) is 0 Å². The van der Waals surface area contributed by atoms with Crippen molar-refractivity contribution in [1.29, 1.82) is 0 Å². The van der Waals surface area contributed by atoms with Crippen molar-refractivity contribution in [3.05, 3.63) is 140 Å². The molecule has 0 fully saturated rings. The minimum absolute atomic E-state index is 0.612. The van der Waals surface area contributed by atoms with Crippen LogP contribution in [0.5, 0.6) is 0 Å². The highest BCUT2D eigenvalue weighted by molar-refractivity contribution is 7.98. The van der Waals surface area contributed by atoms with Crippen LogP contribution in [0.3, 0.4) is 0 Å². The van der Waals surface area contributed by atoms with Crippen molar-refractivity contribution in [3.8, 4) is 0 Å². The Morgan fingerprint density at radius 2 is 1.03 bits per heavy atom. The van der Waals surface area contributed by atoms with Gasteiger partial charge < -0.3 is 0 Å². The molecule has 0 saturated heterocycles.